The molecule has 0 aromatic heterocycles. The van der Waals surface area contributed by atoms with Crippen LogP contribution in [0.5, 0.6) is 0 Å². The predicted octanol–water partition coefficient (Wildman–Crippen LogP) is 3.76. The van der Waals surface area contributed by atoms with Gasteiger partial charge in [0.25, 0.3) is 0 Å². The Labute approximate surface area is 218 Å². The summed E-state index contributed by atoms with van der Waals surface area (Å²) in [6.45, 7) is 1.58. The van der Waals surface area contributed by atoms with Crippen molar-refractivity contribution in [2.24, 2.45) is 5.73 Å². The van der Waals surface area contributed by atoms with Crippen molar-refractivity contribution in [3.63, 3.8) is 0 Å². The summed E-state index contributed by atoms with van der Waals surface area (Å²) < 4.78 is 0. The second kappa shape index (κ2) is 22.6. The van der Waals surface area contributed by atoms with Gasteiger partial charge in [-0.2, -0.15) is 0 Å². The third-order valence-corrected chi connectivity index (χ3v) is 5.96. The van der Waals surface area contributed by atoms with Crippen molar-refractivity contribution < 1.29 is 29.7 Å². The van der Waals surface area contributed by atoms with Gasteiger partial charge in [-0.15, -0.1) is 11.8 Å². The molecule has 0 aromatic rings. The van der Waals surface area contributed by atoms with Crippen molar-refractivity contribution in [2.45, 2.75) is 62.8 Å². The van der Waals surface area contributed by atoms with E-state index in [1.165, 1.54) is 11.8 Å². The average molecular weight is 521 g/mol. The number of rotatable bonds is 20. The molecular weight excluding hydrogens is 480 g/mol. The van der Waals surface area contributed by atoms with E-state index in [4.69, 9.17) is 15.9 Å². The number of allylic oxidation sites excluding steroid dienone is 10. The van der Waals surface area contributed by atoms with Crippen molar-refractivity contribution >= 4 is 29.6 Å². The van der Waals surface area contributed by atoms with Crippen LogP contribution in [0.1, 0.15) is 45.4 Å². The maximum absolute atomic E-state index is 11.9. The van der Waals surface area contributed by atoms with Gasteiger partial charge in [0.1, 0.15) is 6.54 Å². The van der Waals surface area contributed by atoms with Crippen LogP contribution in [0, 0.1) is 0 Å². The lowest BCUT2D eigenvalue weighted by Gasteiger charge is -2.20. The van der Waals surface area contributed by atoms with E-state index in [0.29, 0.717) is 19.3 Å². The summed E-state index contributed by atoms with van der Waals surface area (Å²) in [7, 11) is 0. The highest BCUT2D eigenvalue weighted by atomic mass is 32.2. The van der Waals surface area contributed by atoms with Crippen molar-refractivity contribution in [3.8, 4) is 0 Å². The van der Waals surface area contributed by atoms with Crippen molar-refractivity contribution in [1.29, 1.82) is 0 Å². The number of thioether (sulfide) groups is 1. The van der Waals surface area contributed by atoms with E-state index in [0.717, 1.165) is 12.8 Å². The third kappa shape index (κ3) is 20.5. The first kappa shape index (κ1) is 33.1. The van der Waals surface area contributed by atoms with E-state index in [9.17, 15) is 19.5 Å². The number of hydrogen-bond acceptors (Lipinski definition) is 6. The monoisotopic (exact) mass is 520 g/mol. The van der Waals surface area contributed by atoms with Crippen LogP contribution >= 0.6 is 11.8 Å². The number of carboxylic acid groups (broad SMARTS) is 2. The van der Waals surface area contributed by atoms with E-state index in [-0.39, 0.29) is 17.4 Å². The number of amides is 1. The zero-order valence-corrected chi connectivity index (χ0v) is 21.7. The summed E-state index contributed by atoms with van der Waals surface area (Å²) in [5.74, 6) is -2.28. The molecule has 0 spiro atoms. The fraction of sp³-hybridized carbons (Fsp3) is 0.444. The summed E-state index contributed by atoms with van der Waals surface area (Å²) in [5, 5.41) is 29.9. The van der Waals surface area contributed by atoms with Crippen molar-refractivity contribution in [2.75, 3.05) is 12.3 Å². The molecule has 9 heteroatoms. The molecule has 0 aliphatic rings. The maximum Gasteiger partial charge on any atom is 0.322 e. The molecule has 8 nitrogen and oxygen atoms in total. The van der Waals surface area contributed by atoms with Gasteiger partial charge in [-0.25, -0.2) is 0 Å². The molecule has 0 saturated heterocycles. The van der Waals surface area contributed by atoms with Crippen LogP contribution in [-0.4, -0.2) is 62.9 Å². The van der Waals surface area contributed by atoms with E-state index >= 15 is 0 Å². The molecule has 1 amide bonds. The Hall–Kier alpha value is -2.88. The van der Waals surface area contributed by atoms with Crippen LogP contribution < -0.4 is 11.1 Å². The van der Waals surface area contributed by atoms with Gasteiger partial charge in [-0.1, -0.05) is 79.8 Å². The minimum atomic E-state index is -1.14. The van der Waals surface area contributed by atoms with Crippen LogP contribution in [-0.2, 0) is 14.4 Å². The molecular formula is C27H40N2O6S. The Kier molecular flexibility index (Phi) is 20.8. The fourth-order valence-electron chi connectivity index (χ4n) is 2.65. The molecule has 0 radical (unpaired) electrons. The second-order valence-electron chi connectivity index (χ2n) is 7.74. The maximum atomic E-state index is 11.9. The minimum Gasteiger partial charge on any atom is -0.481 e. The van der Waals surface area contributed by atoms with Crippen LogP contribution in [0.4, 0.5) is 0 Å². The summed E-state index contributed by atoms with van der Waals surface area (Å²) >= 11 is 1.33. The van der Waals surface area contributed by atoms with Gasteiger partial charge in [0.05, 0.1) is 12.1 Å². The number of aliphatic hydroxyl groups is 1. The van der Waals surface area contributed by atoms with Crippen LogP contribution in [0.2, 0.25) is 0 Å². The number of aliphatic carboxylic acids is 2. The van der Waals surface area contributed by atoms with E-state index in [2.05, 4.69) is 24.4 Å². The lowest BCUT2D eigenvalue weighted by atomic mass is 10.1. The molecule has 0 aromatic carbocycles. The standard InChI is InChI=1S/C27H40N2O6S/c1-2-3-4-5-11-14-17-23(30)24(36-21-22(28)27(35)29-20-26(33)34)18-15-12-9-7-6-8-10-13-16-19-25(31)32/h3-4,6-7,9-15,18,22-24,30H,2,5,8,16-17,19-21,28H2,1H3,(H,29,35)(H,31,32)(H,33,34). The molecule has 0 bridgehead atoms. The molecule has 3 unspecified atom stereocenters. The lowest BCUT2D eigenvalue weighted by molar-refractivity contribution is -0.138. The summed E-state index contributed by atoms with van der Waals surface area (Å²) in [6.07, 6.45) is 25.8. The molecule has 0 saturated carbocycles. The highest BCUT2D eigenvalue weighted by Gasteiger charge is 2.20. The van der Waals surface area contributed by atoms with E-state index in [1.54, 1.807) is 0 Å². The summed E-state index contributed by atoms with van der Waals surface area (Å²) in [4.78, 5) is 33.0. The molecule has 6 N–H and O–H groups in total. The smallest absolute Gasteiger partial charge is 0.322 e. The van der Waals surface area contributed by atoms with Gasteiger partial charge in [-0.3, -0.25) is 14.4 Å². The Bertz CT molecular complexity index is 817. The Morgan fingerprint density at radius 3 is 2.25 bits per heavy atom. The van der Waals surface area contributed by atoms with Crippen molar-refractivity contribution in [3.05, 3.63) is 72.9 Å². The molecule has 36 heavy (non-hydrogen) atoms. The van der Waals surface area contributed by atoms with Crippen LogP contribution in [0.25, 0.3) is 0 Å². The summed E-state index contributed by atoms with van der Waals surface area (Å²) in [5.41, 5.74) is 5.88. The minimum absolute atomic E-state index is 0.125. The molecule has 0 fully saturated rings. The Morgan fingerprint density at radius 1 is 0.889 bits per heavy atom. The van der Waals surface area contributed by atoms with Crippen molar-refractivity contribution in [1.82, 2.24) is 5.32 Å². The number of hydrogen-bond donors (Lipinski definition) is 5. The second-order valence-corrected chi connectivity index (χ2v) is 8.95. The Morgan fingerprint density at radius 2 is 1.56 bits per heavy atom. The fourth-order valence-corrected chi connectivity index (χ4v) is 3.76. The molecule has 0 rings (SSSR count). The number of carbonyl (C=O) groups is 3. The quantitative estimate of drug-likeness (QED) is 0.120. The third-order valence-electron chi connectivity index (χ3n) is 4.55. The first-order valence-corrected chi connectivity index (χ1v) is 13.0. The normalized spacial score (nSPS) is 15.1. The lowest BCUT2D eigenvalue weighted by Crippen LogP contribution is -2.44. The van der Waals surface area contributed by atoms with Gasteiger partial charge in [0.15, 0.2) is 0 Å². The van der Waals surface area contributed by atoms with Crippen LogP contribution in [0.15, 0.2) is 72.9 Å². The van der Waals surface area contributed by atoms with Gasteiger partial charge < -0.3 is 26.4 Å². The summed E-state index contributed by atoms with van der Waals surface area (Å²) in [6, 6.07) is -0.894. The largest absolute Gasteiger partial charge is 0.481 e. The Balaban J connectivity index is 4.85. The molecule has 0 heterocycles. The topological polar surface area (TPSA) is 150 Å². The van der Waals surface area contributed by atoms with Gasteiger partial charge in [0.2, 0.25) is 5.91 Å². The first-order valence-electron chi connectivity index (χ1n) is 12.0. The van der Waals surface area contributed by atoms with Gasteiger partial charge in [0, 0.05) is 17.4 Å². The number of nitrogens with one attached hydrogen (secondary N) is 1. The zero-order valence-electron chi connectivity index (χ0n) is 20.9. The predicted molar refractivity (Wildman–Crippen MR) is 147 cm³/mol. The average Bonchev–Trinajstić information content (AvgIpc) is 2.84. The number of nitrogens with two attached hydrogens (primary N) is 1. The molecule has 0 aliphatic carbocycles. The highest BCUT2D eigenvalue weighted by molar-refractivity contribution is 8.00. The zero-order chi connectivity index (χ0) is 27.0. The first-order chi connectivity index (χ1) is 17.3. The number of carboxylic acids is 2. The van der Waals surface area contributed by atoms with Gasteiger partial charge >= 0.3 is 11.9 Å². The SMILES string of the molecule is CCC=CCC=CCC(O)C(C=CC=CC=CCC=CCCC(=O)O)SCC(N)C(=O)NCC(=O)O. The number of carbonyl (C=O) groups excluding carboxylic acids is 1. The number of aliphatic hydroxyl groups excluding tert-OH is 1. The molecule has 0 aliphatic heterocycles. The molecule has 3 atom stereocenters. The molecule has 200 valence electrons. The highest BCUT2D eigenvalue weighted by Crippen LogP contribution is 2.20. The van der Waals surface area contributed by atoms with Gasteiger partial charge in [-0.05, 0) is 32.1 Å². The van der Waals surface area contributed by atoms with Crippen LogP contribution in [0.3, 0.4) is 0 Å². The van der Waals surface area contributed by atoms with E-state index < -0.39 is 36.5 Å². The van der Waals surface area contributed by atoms with E-state index in [1.807, 2.05) is 60.8 Å².